The van der Waals surface area contributed by atoms with Crippen molar-refractivity contribution in [2.45, 2.75) is 0 Å². The molecule has 0 bridgehead atoms. The first kappa shape index (κ1) is 16.7. The number of benzene rings is 3. The largest absolute Gasteiger partial charge is 0.321 e. The zero-order valence-electron chi connectivity index (χ0n) is 14.9. The van der Waals surface area contributed by atoms with Crippen molar-refractivity contribution in [3.63, 3.8) is 0 Å². The second-order valence-corrected chi connectivity index (χ2v) is 7.13. The summed E-state index contributed by atoms with van der Waals surface area (Å²) in [6.45, 7) is 0. The summed E-state index contributed by atoms with van der Waals surface area (Å²) < 4.78 is 2.01. The van der Waals surface area contributed by atoms with Crippen LogP contribution in [0.15, 0.2) is 95.8 Å². The monoisotopic (exact) mass is 383 g/mol. The van der Waals surface area contributed by atoms with Gasteiger partial charge in [-0.15, -0.1) is 4.40 Å². The molecule has 0 radical (unpaired) electrons. The fraction of sp³-hybridized carbons (Fsp3) is 0. The Morgan fingerprint density at radius 3 is 2.07 bits per heavy atom. The predicted molar refractivity (Wildman–Crippen MR) is 114 cm³/mol. The molecule has 134 valence electrons. The zero-order valence-corrected chi connectivity index (χ0v) is 15.6. The van der Waals surface area contributed by atoms with Gasteiger partial charge in [-0.1, -0.05) is 60.1 Å². The van der Waals surface area contributed by atoms with Crippen molar-refractivity contribution in [3.05, 3.63) is 106 Å². The molecule has 0 atom stereocenters. The van der Waals surface area contributed by atoms with E-state index in [1.165, 1.54) is 0 Å². The van der Waals surface area contributed by atoms with Crippen LogP contribution in [0.4, 0.5) is 0 Å². The Labute approximate surface area is 166 Å². The molecule has 1 N–H and O–H groups in total. The Bertz CT molecular complexity index is 1380. The van der Waals surface area contributed by atoms with Gasteiger partial charge >= 0.3 is 5.56 Å². The van der Waals surface area contributed by atoms with Crippen LogP contribution in [0.5, 0.6) is 0 Å². The van der Waals surface area contributed by atoms with Gasteiger partial charge in [-0.05, 0) is 35.4 Å². The first-order chi connectivity index (χ1) is 13.7. The lowest BCUT2D eigenvalue weighted by Crippen LogP contribution is -2.33. The molecule has 0 saturated heterocycles. The van der Waals surface area contributed by atoms with Crippen molar-refractivity contribution < 1.29 is 4.40 Å². The van der Waals surface area contributed by atoms with Crippen molar-refractivity contribution in [1.82, 2.24) is 4.98 Å². The molecule has 0 amide bonds. The average molecular weight is 384 g/mol. The van der Waals surface area contributed by atoms with Gasteiger partial charge in [0.15, 0.2) is 0 Å². The third kappa shape index (κ3) is 2.77. The third-order valence-corrected chi connectivity index (χ3v) is 5.16. The summed E-state index contributed by atoms with van der Waals surface area (Å²) >= 11 is 6.15. The van der Waals surface area contributed by atoms with Crippen molar-refractivity contribution >= 4 is 28.2 Å². The summed E-state index contributed by atoms with van der Waals surface area (Å²) in [5.41, 5.74) is 6.11. The van der Waals surface area contributed by atoms with Crippen LogP contribution in [-0.2, 0) is 0 Å². The molecule has 4 heteroatoms. The molecule has 0 fully saturated rings. The number of fused-ring (bicyclic) bond motifs is 3. The van der Waals surface area contributed by atoms with Gasteiger partial charge in [-0.3, -0.25) is 4.79 Å². The van der Waals surface area contributed by atoms with Crippen LogP contribution >= 0.6 is 11.6 Å². The van der Waals surface area contributed by atoms with Crippen LogP contribution < -0.4 is 9.96 Å². The van der Waals surface area contributed by atoms with Gasteiger partial charge in [0.2, 0.25) is 11.2 Å². The quantitative estimate of drug-likeness (QED) is 0.328. The molecule has 5 rings (SSSR count). The molecule has 28 heavy (non-hydrogen) atoms. The highest BCUT2D eigenvalue weighted by atomic mass is 35.5. The number of aromatic amines is 1. The molecule has 0 aliphatic carbocycles. The Morgan fingerprint density at radius 2 is 1.36 bits per heavy atom. The fourth-order valence-corrected chi connectivity index (χ4v) is 3.80. The first-order valence-corrected chi connectivity index (χ1v) is 9.41. The van der Waals surface area contributed by atoms with Crippen molar-refractivity contribution in [1.29, 1.82) is 0 Å². The number of halogens is 1. The second kappa shape index (κ2) is 6.63. The minimum Gasteiger partial charge on any atom is -0.311 e. The van der Waals surface area contributed by atoms with E-state index in [4.69, 9.17) is 11.6 Å². The van der Waals surface area contributed by atoms with Crippen LogP contribution in [0.3, 0.4) is 0 Å². The standard InChI is InChI=1S/C24H15ClN2O/c25-19-11-12-21-20(15-19)26-24(28)23-14-18(16-7-3-1-4-8-16)13-22(27(21)23)17-9-5-2-6-10-17/h1-15H/p+1. The number of H-pyrrole nitrogens is 1. The number of hydrogen-bond donors (Lipinski definition) is 1. The second-order valence-electron chi connectivity index (χ2n) is 6.70. The first-order valence-electron chi connectivity index (χ1n) is 9.03. The Kier molecular flexibility index (Phi) is 3.96. The van der Waals surface area contributed by atoms with E-state index < -0.39 is 0 Å². The molecule has 3 aromatic carbocycles. The molecule has 0 aliphatic heterocycles. The van der Waals surface area contributed by atoms with E-state index in [1.54, 1.807) is 6.07 Å². The maximum atomic E-state index is 13.0. The molecule has 0 spiro atoms. The van der Waals surface area contributed by atoms with Crippen molar-refractivity contribution in [2.75, 3.05) is 0 Å². The van der Waals surface area contributed by atoms with E-state index in [1.807, 2.05) is 59.0 Å². The fourth-order valence-electron chi connectivity index (χ4n) is 3.63. The van der Waals surface area contributed by atoms with Crippen molar-refractivity contribution in [2.24, 2.45) is 0 Å². The summed E-state index contributed by atoms with van der Waals surface area (Å²) in [5.74, 6) is 0. The van der Waals surface area contributed by atoms with E-state index in [9.17, 15) is 4.79 Å². The summed E-state index contributed by atoms with van der Waals surface area (Å²) in [4.78, 5) is 15.9. The van der Waals surface area contributed by atoms with E-state index >= 15 is 0 Å². The number of aromatic nitrogens is 2. The average Bonchev–Trinajstić information content (AvgIpc) is 2.74. The minimum atomic E-state index is -0.148. The minimum absolute atomic E-state index is 0.148. The van der Waals surface area contributed by atoms with Crippen LogP contribution in [0.2, 0.25) is 5.02 Å². The van der Waals surface area contributed by atoms with Crippen molar-refractivity contribution in [3.8, 4) is 22.4 Å². The Balaban J connectivity index is 1.97. The van der Waals surface area contributed by atoms with E-state index in [0.29, 0.717) is 16.1 Å². The highest BCUT2D eigenvalue weighted by Gasteiger charge is 2.22. The molecular weight excluding hydrogens is 368 g/mol. The van der Waals surface area contributed by atoms with Gasteiger partial charge in [-0.25, -0.2) is 0 Å². The predicted octanol–water partition coefficient (Wildman–Crippen LogP) is 5.25. The maximum Gasteiger partial charge on any atom is 0.321 e. The molecule has 0 saturated carbocycles. The maximum absolute atomic E-state index is 13.0. The van der Waals surface area contributed by atoms with Gasteiger partial charge in [-0.2, -0.15) is 0 Å². The van der Waals surface area contributed by atoms with Crippen LogP contribution in [0.25, 0.3) is 38.9 Å². The van der Waals surface area contributed by atoms with Gasteiger partial charge in [0.25, 0.3) is 5.52 Å². The number of nitrogens with one attached hydrogen (secondary N) is 1. The molecule has 5 aromatic rings. The highest BCUT2D eigenvalue weighted by Crippen LogP contribution is 2.26. The van der Waals surface area contributed by atoms with E-state index in [2.05, 4.69) is 35.3 Å². The summed E-state index contributed by atoms with van der Waals surface area (Å²) in [5, 5.41) is 0.588. The molecule has 2 aromatic heterocycles. The van der Waals surface area contributed by atoms with Gasteiger partial charge in [0.05, 0.1) is 0 Å². The van der Waals surface area contributed by atoms with Crippen LogP contribution in [0.1, 0.15) is 0 Å². The molecule has 3 nitrogen and oxygen atoms in total. The number of nitrogens with zero attached hydrogens (tertiary/aromatic N) is 1. The van der Waals surface area contributed by atoms with Gasteiger partial charge in [0.1, 0.15) is 5.52 Å². The third-order valence-electron chi connectivity index (χ3n) is 4.92. The Hall–Kier alpha value is -3.43. The van der Waals surface area contributed by atoms with Gasteiger partial charge in [0, 0.05) is 28.8 Å². The lowest BCUT2D eigenvalue weighted by Gasteiger charge is -2.07. The normalized spacial score (nSPS) is 11.2. The molecule has 0 aliphatic rings. The van der Waals surface area contributed by atoms with E-state index in [0.717, 1.165) is 27.9 Å². The van der Waals surface area contributed by atoms with Crippen LogP contribution in [0, 0.1) is 0 Å². The molecule has 0 unspecified atom stereocenters. The van der Waals surface area contributed by atoms with Crippen LogP contribution in [-0.4, -0.2) is 4.98 Å². The SMILES string of the molecule is O=c1[nH]c2cc(Cl)ccc2[n+]2c(-c3ccccc3)cc(-c3ccccc3)cc12. The molecular formula is C24H16ClN2O+. The van der Waals surface area contributed by atoms with E-state index in [-0.39, 0.29) is 5.56 Å². The summed E-state index contributed by atoms with van der Waals surface area (Å²) in [7, 11) is 0. The zero-order chi connectivity index (χ0) is 19.1. The smallest absolute Gasteiger partial charge is 0.311 e. The lowest BCUT2D eigenvalue weighted by molar-refractivity contribution is -0.470. The molecule has 2 heterocycles. The lowest BCUT2D eigenvalue weighted by atomic mass is 10.0. The number of rotatable bonds is 2. The summed E-state index contributed by atoms with van der Waals surface area (Å²) in [6.07, 6.45) is 0. The highest BCUT2D eigenvalue weighted by molar-refractivity contribution is 6.31. The summed E-state index contributed by atoms with van der Waals surface area (Å²) in [6, 6.07) is 29.8. The topological polar surface area (TPSA) is 37.0 Å². The van der Waals surface area contributed by atoms with Gasteiger partial charge < -0.3 is 4.98 Å². The Morgan fingerprint density at radius 1 is 0.679 bits per heavy atom. The number of pyridine rings is 1. The number of hydrogen-bond acceptors (Lipinski definition) is 1.